The lowest BCUT2D eigenvalue weighted by atomic mass is 10.1. The highest BCUT2D eigenvalue weighted by Crippen LogP contribution is 2.08. The fourth-order valence-corrected chi connectivity index (χ4v) is 2.62. The predicted molar refractivity (Wildman–Crippen MR) is 110 cm³/mol. The topological polar surface area (TPSA) is 52.6 Å². The summed E-state index contributed by atoms with van der Waals surface area (Å²) in [6.07, 6.45) is 11.8. The summed E-state index contributed by atoms with van der Waals surface area (Å²) < 4.78 is 10.4. The predicted octanol–water partition coefficient (Wildman–Crippen LogP) is 5.82. The molecule has 4 heteroatoms. The van der Waals surface area contributed by atoms with Gasteiger partial charge < -0.3 is 9.47 Å². The van der Waals surface area contributed by atoms with Gasteiger partial charge in [-0.3, -0.25) is 9.59 Å². The van der Waals surface area contributed by atoms with E-state index < -0.39 is 0 Å². The first kappa shape index (κ1) is 25.5. The minimum atomic E-state index is -0.216. The molecule has 0 bridgehead atoms. The van der Waals surface area contributed by atoms with Gasteiger partial charge >= 0.3 is 11.9 Å². The number of ether oxygens (including phenoxy) is 2. The number of carbonyl (C=O) groups excluding carboxylic acids is 2. The van der Waals surface area contributed by atoms with Crippen LogP contribution >= 0.6 is 0 Å². The van der Waals surface area contributed by atoms with Crippen molar-refractivity contribution in [2.45, 2.75) is 104 Å². The van der Waals surface area contributed by atoms with E-state index in [2.05, 4.69) is 32.6 Å². The zero-order chi connectivity index (χ0) is 20.2. The van der Waals surface area contributed by atoms with Crippen LogP contribution in [-0.2, 0) is 19.1 Å². The first-order valence-electron chi connectivity index (χ1n) is 10.8. The van der Waals surface area contributed by atoms with Crippen molar-refractivity contribution in [1.29, 1.82) is 0 Å². The number of carbonyl (C=O) groups is 2. The highest BCUT2D eigenvalue weighted by atomic mass is 16.5. The molecule has 0 rings (SSSR count). The molecule has 0 aliphatic rings. The monoisotopic (exact) mass is 380 g/mol. The Kier molecular flexibility index (Phi) is 18.2. The number of esters is 2. The summed E-state index contributed by atoms with van der Waals surface area (Å²) in [4.78, 5) is 23.2. The van der Waals surface area contributed by atoms with Crippen LogP contribution in [0.15, 0.2) is 0 Å². The van der Waals surface area contributed by atoms with Crippen LogP contribution in [0.2, 0.25) is 0 Å². The van der Waals surface area contributed by atoms with E-state index in [4.69, 9.17) is 9.47 Å². The zero-order valence-corrected chi connectivity index (χ0v) is 17.8. The Morgan fingerprint density at radius 3 is 1.89 bits per heavy atom. The number of hydrogen-bond donors (Lipinski definition) is 0. The summed E-state index contributed by atoms with van der Waals surface area (Å²) in [6.45, 7) is 7.34. The van der Waals surface area contributed by atoms with E-state index in [0.717, 1.165) is 38.5 Å². The Balaban J connectivity index is 3.35. The Hall–Kier alpha value is -1.50. The maximum absolute atomic E-state index is 11.6. The zero-order valence-electron chi connectivity index (χ0n) is 17.8. The summed E-state index contributed by atoms with van der Waals surface area (Å²) in [5, 5.41) is 0. The van der Waals surface area contributed by atoms with Crippen LogP contribution in [-0.4, -0.2) is 25.2 Å². The van der Waals surface area contributed by atoms with E-state index in [9.17, 15) is 9.59 Å². The Morgan fingerprint density at radius 2 is 1.30 bits per heavy atom. The lowest BCUT2D eigenvalue weighted by Crippen LogP contribution is -2.09. The standard InChI is InChI=1S/C23H40O4/c1-4-5-6-7-8-9-10-11-12-13-19-26-22(24)17-14-18-23(25)27-20-15-16-21(2)3/h21H,4,7-20H2,1-3H3. The van der Waals surface area contributed by atoms with Crippen molar-refractivity contribution in [2.24, 2.45) is 5.92 Å². The van der Waals surface area contributed by atoms with Gasteiger partial charge in [0.15, 0.2) is 0 Å². The van der Waals surface area contributed by atoms with Gasteiger partial charge in [0, 0.05) is 25.7 Å². The third-order valence-corrected chi connectivity index (χ3v) is 4.21. The van der Waals surface area contributed by atoms with Crippen molar-refractivity contribution in [3.63, 3.8) is 0 Å². The molecule has 0 unspecified atom stereocenters. The third kappa shape index (κ3) is 20.7. The van der Waals surface area contributed by atoms with Gasteiger partial charge in [-0.15, -0.1) is 11.8 Å². The molecule has 0 spiro atoms. The molecule has 0 aromatic carbocycles. The number of unbranched alkanes of at least 4 members (excludes halogenated alkanes) is 6. The smallest absolute Gasteiger partial charge is 0.305 e. The van der Waals surface area contributed by atoms with Crippen molar-refractivity contribution in [3.05, 3.63) is 0 Å². The Morgan fingerprint density at radius 1 is 0.741 bits per heavy atom. The van der Waals surface area contributed by atoms with Crippen LogP contribution in [0.1, 0.15) is 104 Å². The van der Waals surface area contributed by atoms with Gasteiger partial charge in [0.05, 0.1) is 13.2 Å². The van der Waals surface area contributed by atoms with Crippen molar-refractivity contribution in [2.75, 3.05) is 13.2 Å². The fraction of sp³-hybridized carbons (Fsp3) is 0.826. The molecule has 0 N–H and O–H groups in total. The average molecular weight is 381 g/mol. The van der Waals surface area contributed by atoms with Gasteiger partial charge in [-0.1, -0.05) is 46.5 Å². The van der Waals surface area contributed by atoms with Gasteiger partial charge in [-0.25, -0.2) is 0 Å². The van der Waals surface area contributed by atoms with Crippen molar-refractivity contribution < 1.29 is 19.1 Å². The molecule has 0 radical (unpaired) electrons. The molecule has 4 nitrogen and oxygen atoms in total. The molecule has 0 aliphatic carbocycles. The van der Waals surface area contributed by atoms with Crippen molar-refractivity contribution >= 4 is 11.9 Å². The SMILES string of the molecule is CCC#CCCCCCCCCOC(=O)CCCC(=O)OCCCC(C)C. The molecular formula is C23H40O4. The minimum Gasteiger partial charge on any atom is -0.466 e. The van der Waals surface area contributed by atoms with Gasteiger partial charge in [0.2, 0.25) is 0 Å². The van der Waals surface area contributed by atoms with Crippen LogP contribution in [0.4, 0.5) is 0 Å². The van der Waals surface area contributed by atoms with E-state index in [-0.39, 0.29) is 11.9 Å². The van der Waals surface area contributed by atoms with Gasteiger partial charge in [0.1, 0.15) is 0 Å². The maximum Gasteiger partial charge on any atom is 0.305 e. The summed E-state index contributed by atoms with van der Waals surface area (Å²) in [6, 6.07) is 0. The minimum absolute atomic E-state index is 0.211. The Bertz CT molecular complexity index is 431. The quantitative estimate of drug-likeness (QED) is 0.192. The highest BCUT2D eigenvalue weighted by molar-refractivity contribution is 5.72. The molecule has 156 valence electrons. The second-order valence-electron chi connectivity index (χ2n) is 7.41. The highest BCUT2D eigenvalue weighted by Gasteiger charge is 2.07. The molecule has 0 saturated heterocycles. The Labute approximate surface area is 166 Å². The average Bonchev–Trinajstić information content (AvgIpc) is 2.63. The third-order valence-electron chi connectivity index (χ3n) is 4.21. The molecule has 0 fully saturated rings. The lowest BCUT2D eigenvalue weighted by molar-refractivity contribution is -0.145. The van der Waals surface area contributed by atoms with E-state index >= 15 is 0 Å². The van der Waals surface area contributed by atoms with E-state index in [1.807, 2.05) is 0 Å². The van der Waals surface area contributed by atoms with Crippen LogP contribution in [0.5, 0.6) is 0 Å². The molecule has 27 heavy (non-hydrogen) atoms. The molecule has 0 saturated carbocycles. The normalized spacial score (nSPS) is 10.4. The molecule has 0 aromatic heterocycles. The number of rotatable bonds is 16. The first-order valence-corrected chi connectivity index (χ1v) is 10.8. The van der Waals surface area contributed by atoms with E-state index in [0.29, 0.717) is 38.4 Å². The van der Waals surface area contributed by atoms with Crippen LogP contribution in [0, 0.1) is 17.8 Å². The van der Waals surface area contributed by atoms with Gasteiger partial charge in [0.25, 0.3) is 0 Å². The van der Waals surface area contributed by atoms with Crippen LogP contribution < -0.4 is 0 Å². The molecular weight excluding hydrogens is 340 g/mol. The second kappa shape index (κ2) is 19.3. The van der Waals surface area contributed by atoms with Crippen molar-refractivity contribution in [1.82, 2.24) is 0 Å². The number of hydrogen-bond acceptors (Lipinski definition) is 4. The largest absolute Gasteiger partial charge is 0.466 e. The molecule has 0 atom stereocenters. The molecule has 0 heterocycles. The summed E-state index contributed by atoms with van der Waals surface area (Å²) in [7, 11) is 0. The van der Waals surface area contributed by atoms with E-state index in [1.54, 1.807) is 0 Å². The van der Waals surface area contributed by atoms with Crippen LogP contribution in [0.25, 0.3) is 0 Å². The maximum atomic E-state index is 11.6. The summed E-state index contributed by atoms with van der Waals surface area (Å²) >= 11 is 0. The molecule has 0 aliphatic heterocycles. The summed E-state index contributed by atoms with van der Waals surface area (Å²) in [5.41, 5.74) is 0. The van der Waals surface area contributed by atoms with Crippen molar-refractivity contribution in [3.8, 4) is 11.8 Å². The molecule has 0 amide bonds. The second-order valence-corrected chi connectivity index (χ2v) is 7.41. The van der Waals surface area contributed by atoms with Gasteiger partial charge in [-0.05, 0) is 38.0 Å². The summed E-state index contributed by atoms with van der Waals surface area (Å²) in [5.74, 6) is 6.45. The fourth-order valence-electron chi connectivity index (χ4n) is 2.62. The van der Waals surface area contributed by atoms with Gasteiger partial charge in [-0.2, -0.15) is 0 Å². The first-order chi connectivity index (χ1) is 13.1. The van der Waals surface area contributed by atoms with E-state index in [1.165, 1.54) is 25.7 Å². The lowest BCUT2D eigenvalue weighted by Gasteiger charge is -2.07. The van der Waals surface area contributed by atoms with Crippen LogP contribution in [0.3, 0.4) is 0 Å². The molecule has 0 aromatic rings.